The minimum Gasteiger partial charge on any atom is -0.374 e. The molecule has 36 valence electrons. The van der Waals surface area contributed by atoms with Crippen LogP contribution in [0.15, 0.2) is 0 Å². The Bertz CT molecular complexity index is 62.6. The van der Waals surface area contributed by atoms with Crippen molar-refractivity contribution in [3.63, 3.8) is 0 Å². The monoisotopic (exact) mass is 144 g/mol. The maximum absolute atomic E-state index is 4.95. The van der Waals surface area contributed by atoms with Crippen LogP contribution in [0.2, 0.25) is 0 Å². The van der Waals surface area contributed by atoms with Gasteiger partial charge in [-0.3, -0.25) is 0 Å². The minimum atomic E-state index is -0.0432. The Balaban J connectivity index is 3.26. The lowest BCUT2D eigenvalue weighted by atomic mass is 11.3. The lowest BCUT2D eigenvalue weighted by molar-refractivity contribution is 1.09. The molecule has 0 spiro atoms. The number of nitrogens with two attached hydrogens (primary N) is 1. The molecule has 0 saturated carbocycles. The van der Waals surface area contributed by atoms with E-state index in [4.69, 9.17) is 29.3 Å². The summed E-state index contributed by atoms with van der Waals surface area (Å²) in [5.74, 6) is 0. The summed E-state index contributed by atoms with van der Waals surface area (Å²) in [7, 11) is 0. The van der Waals surface area contributed by atoms with Crippen LogP contribution in [0, 0.1) is 0 Å². The van der Waals surface area contributed by atoms with Crippen LogP contribution in [0.5, 0.6) is 0 Å². The predicted octanol–water partition coefficient (Wildman–Crippen LogP) is 0.840. The quantitative estimate of drug-likeness (QED) is 0.404. The summed E-state index contributed by atoms with van der Waals surface area (Å²) in [5, 5.41) is -0.0432. The van der Waals surface area contributed by atoms with E-state index in [1.165, 1.54) is 0 Å². The second-order valence-electron chi connectivity index (χ2n) is 0.571. The van der Waals surface area contributed by atoms with Crippen molar-refractivity contribution in [1.82, 2.24) is 3.94 Å². The molecule has 0 unspecified atom stereocenters. The third-order valence-electron chi connectivity index (χ3n) is 0.167. The van der Waals surface area contributed by atoms with E-state index in [0.29, 0.717) is 3.94 Å². The molecule has 0 rings (SSSR count). The topological polar surface area (TPSA) is 29.3 Å². The molecule has 0 aromatic carbocycles. The molecule has 6 heavy (non-hydrogen) atoms. The van der Waals surface area contributed by atoms with Crippen molar-refractivity contribution in [2.24, 2.45) is 5.73 Å². The molecule has 0 saturated heterocycles. The van der Waals surface area contributed by atoms with Crippen molar-refractivity contribution in [2.45, 2.75) is 0 Å². The van der Waals surface area contributed by atoms with Crippen molar-refractivity contribution in [3.05, 3.63) is 0 Å². The highest BCUT2D eigenvalue weighted by molar-refractivity contribution is 7.80. The maximum atomic E-state index is 4.95. The molecule has 2 nitrogen and oxygen atoms in total. The van der Waals surface area contributed by atoms with Crippen LogP contribution in [0.1, 0.15) is 0 Å². The zero-order valence-electron chi connectivity index (χ0n) is 2.69. The average Bonchev–Trinajstić information content (AvgIpc) is 1.36. The molecule has 5 heteroatoms. The Labute approximate surface area is 51.0 Å². The summed E-state index contributed by atoms with van der Waals surface area (Å²) in [6.07, 6.45) is 0. The van der Waals surface area contributed by atoms with Gasteiger partial charge in [0.25, 0.3) is 0 Å². The van der Waals surface area contributed by atoms with Crippen LogP contribution in [0.3, 0.4) is 0 Å². The van der Waals surface area contributed by atoms with Crippen LogP contribution < -0.4 is 5.73 Å². The first-order valence-electron chi connectivity index (χ1n) is 1.05. The largest absolute Gasteiger partial charge is 0.374 e. The van der Waals surface area contributed by atoms with E-state index < -0.39 is 0 Å². The van der Waals surface area contributed by atoms with Gasteiger partial charge >= 0.3 is 0 Å². The molecule has 2 N–H and O–H groups in total. The average molecular weight is 145 g/mol. The van der Waals surface area contributed by atoms with Gasteiger partial charge in [-0.1, -0.05) is 0 Å². The van der Waals surface area contributed by atoms with Crippen LogP contribution in [0.4, 0.5) is 0 Å². The van der Waals surface area contributed by atoms with Gasteiger partial charge in [0.1, 0.15) is 0 Å². The Hall–Kier alpha value is 0.270. The van der Waals surface area contributed by atoms with E-state index in [-0.39, 0.29) is 5.11 Å². The van der Waals surface area contributed by atoms with Gasteiger partial charge in [-0.05, 0) is 12.2 Å². The fourth-order valence-electron chi connectivity index (χ4n) is 0. The van der Waals surface area contributed by atoms with Gasteiger partial charge in [0, 0.05) is 23.6 Å². The number of nitrogens with zero attached hydrogens (tertiary/aromatic N) is 1. The summed E-state index contributed by atoms with van der Waals surface area (Å²) in [4.78, 5) is 0. The minimum absolute atomic E-state index is 0.0432. The normalized spacial score (nSPS) is 7.67. The summed E-state index contributed by atoms with van der Waals surface area (Å²) in [6.45, 7) is 0. The first kappa shape index (κ1) is 6.27. The van der Waals surface area contributed by atoms with E-state index in [1.54, 1.807) is 0 Å². The van der Waals surface area contributed by atoms with Crippen LogP contribution in [-0.2, 0) is 0 Å². The number of halogens is 2. The van der Waals surface area contributed by atoms with Crippen LogP contribution >= 0.6 is 35.8 Å². The highest BCUT2D eigenvalue weighted by Crippen LogP contribution is 1.95. The molecule has 0 amide bonds. The summed E-state index contributed by atoms with van der Waals surface area (Å²) in [6, 6.07) is 0. The smallest absolute Gasteiger partial charge is 0.197 e. The van der Waals surface area contributed by atoms with Crippen molar-refractivity contribution < 1.29 is 0 Å². The third-order valence-corrected chi connectivity index (χ3v) is 0.914. The van der Waals surface area contributed by atoms with Crippen LogP contribution in [-0.4, -0.2) is 9.05 Å². The fraction of sp³-hybridized carbons (Fsp3) is 0. The summed E-state index contributed by atoms with van der Waals surface area (Å²) < 4.78 is 0.620. The van der Waals surface area contributed by atoms with Gasteiger partial charge in [0.05, 0.1) is 0 Å². The third kappa shape index (κ3) is 2.50. The van der Waals surface area contributed by atoms with E-state index in [2.05, 4.69) is 12.2 Å². The zero-order chi connectivity index (χ0) is 5.15. The lowest BCUT2D eigenvalue weighted by Gasteiger charge is -1.96. The number of thiocarbonyl (C=S) groups is 1. The maximum Gasteiger partial charge on any atom is 0.197 e. The van der Waals surface area contributed by atoms with Crippen molar-refractivity contribution >= 4 is 40.9 Å². The number of rotatable bonds is 0. The van der Waals surface area contributed by atoms with Gasteiger partial charge in [0.15, 0.2) is 5.11 Å². The van der Waals surface area contributed by atoms with Crippen molar-refractivity contribution in [1.29, 1.82) is 0 Å². The summed E-state index contributed by atoms with van der Waals surface area (Å²) in [5.41, 5.74) is 4.83. The predicted molar refractivity (Wildman–Crippen MR) is 30.3 cm³/mol. The second-order valence-corrected chi connectivity index (χ2v) is 1.84. The highest BCUT2D eigenvalue weighted by atomic mass is 35.5. The molecule has 0 fully saturated rings. The lowest BCUT2D eigenvalue weighted by Crippen LogP contribution is -2.18. The van der Waals surface area contributed by atoms with Gasteiger partial charge in [-0.25, -0.2) is 0 Å². The highest BCUT2D eigenvalue weighted by Gasteiger charge is 1.90. The van der Waals surface area contributed by atoms with E-state index in [9.17, 15) is 0 Å². The Morgan fingerprint density at radius 2 is 1.83 bits per heavy atom. The molecule has 0 heterocycles. The molecule has 0 atom stereocenters. The Morgan fingerprint density at radius 3 is 1.83 bits per heavy atom. The van der Waals surface area contributed by atoms with Crippen LogP contribution in [0.25, 0.3) is 0 Å². The first-order chi connectivity index (χ1) is 2.64. The fourth-order valence-corrected chi connectivity index (χ4v) is 0. The van der Waals surface area contributed by atoms with Gasteiger partial charge in [-0.2, -0.15) is 3.94 Å². The molecule has 0 radical (unpaired) electrons. The first-order valence-corrected chi connectivity index (χ1v) is 2.14. The van der Waals surface area contributed by atoms with Crippen molar-refractivity contribution in [3.8, 4) is 0 Å². The van der Waals surface area contributed by atoms with E-state index >= 15 is 0 Å². The van der Waals surface area contributed by atoms with E-state index in [0.717, 1.165) is 0 Å². The van der Waals surface area contributed by atoms with Gasteiger partial charge in [-0.15, -0.1) is 0 Å². The van der Waals surface area contributed by atoms with E-state index in [1.807, 2.05) is 0 Å². The molecule has 0 aromatic rings. The Kier molecular flexibility index (Phi) is 2.55. The number of hydrogen-bond acceptors (Lipinski definition) is 1. The molecule has 0 aromatic heterocycles. The second kappa shape index (κ2) is 2.44. The molecule has 0 aliphatic heterocycles. The van der Waals surface area contributed by atoms with Gasteiger partial charge in [0.2, 0.25) is 0 Å². The molecule has 0 aliphatic rings. The molecule has 0 aliphatic carbocycles. The molecule has 0 bridgehead atoms. The Morgan fingerprint density at radius 1 is 1.67 bits per heavy atom. The standard InChI is InChI=1S/CH2Cl2N2S/c2-5(3)1(4)6/h(H2,4,6). The zero-order valence-corrected chi connectivity index (χ0v) is 5.02. The number of hydrogen-bond donors (Lipinski definition) is 1. The SMILES string of the molecule is NC(=S)N(Cl)Cl. The van der Waals surface area contributed by atoms with Gasteiger partial charge < -0.3 is 5.73 Å². The molecular formula is CH2Cl2N2S. The summed E-state index contributed by atoms with van der Waals surface area (Å²) >= 11 is 14.1. The van der Waals surface area contributed by atoms with Crippen molar-refractivity contribution in [2.75, 3.05) is 0 Å². The molecular weight excluding hydrogens is 143 g/mol.